The molecule has 0 bridgehead atoms. The first-order chi connectivity index (χ1) is 15.7. The summed E-state index contributed by atoms with van der Waals surface area (Å²) in [5, 5.41) is 16.1. The molecule has 9 nitrogen and oxygen atoms in total. The number of methoxy groups -OCH3 is 1. The van der Waals surface area contributed by atoms with Crippen molar-refractivity contribution in [2.24, 2.45) is 0 Å². The van der Waals surface area contributed by atoms with Crippen molar-refractivity contribution in [1.29, 1.82) is 0 Å². The number of aliphatic hydroxyl groups is 1. The molecule has 6 atom stereocenters. The number of hydrogen-bond acceptors (Lipinski definition) is 6. The Morgan fingerprint density at radius 2 is 1.91 bits per heavy atom. The Morgan fingerprint density at radius 3 is 2.55 bits per heavy atom. The third-order valence-electron chi connectivity index (χ3n) is 6.91. The summed E-state index contributed by atoms with van der Waals surface area (Å²) in [7, 11) is 3.18. The molecule has 9 heteroatoms. The average Bonchev–Trinajstić information content (AvgIpc) is 3.36. The van der Waals surface area contributed by atoms with E-state index in [1.54, 1.807) is 37.6 Å². The summed E-state index contributed by atoms with van der Waals surface area (Å²) in [5.74, 6) is -0.511. The van der Waals surface area contributed by atoms with E-state index < -0.39 is 24.3 Å². The monoisotopic (exact) mass is 460 g/mol. The lowest BCUT2D eigenvalue weighted by Crippen LogP contribution is -2.57. The molecular weight excluding hydrogens is 424 g/mol. The normalized spacial score (nSPS) is 24.8. The molecule has 0 spiro atoms. The highest BCUT2D eigenvalue weighted by Crippen LogP contribution is 2.40. The van der Waals surface area contributed by atoms with Crippen LogP contribution in [0.25, 0.3) is 0 Å². The lowest BCUT2D eigenvalue weighted by Gasteiger charge is -2.33. The Balaban J connectivity index is 1.80. The van der Waals surface area contributed by atoms with E-state index >= 15 is 0 Å². The number of benzene rings is 1. The molecule has 3 N–H and O–H groups in total. The number of anilines is 1. The molecule has 1 aromatic rings. The highest BCUT2D eigenvalue weighted by molar-refractivity contribution is 5.94. The van der Waals surface area contributed by atoms with Gasteiger partial charge in [0.05, 0.1) is 18.2 Å². The number of fused-ring (bicyclic) bond motifs is 1. The van der Waals surface area contributed by atoms with Crippen molar-refractivity contribution in [3.63, 3.8) is 0 Å². The maximum atomic E-state index is 13.6. The fraction of sp³-hybridized carbons (Fsp3) is 0.625. The Morgan fingerprint density at radius 1 is 1.21 bits per heavy atom. The maximum absolute atomic E-state index is 13.6. The second-order valence-corrected chi connectivity index (χ2v) is 9.09. The van der Waals surface area contributed by atoms with E-state index in [1.807, 2.05) is 24.3 Å². The fourth-order valence-corrected chi connectivity index (χ4v) is 4.81. The van der Waals surface area contributed by atoms with Gasteiger partial charge in [0.25, 0.3) is 0 Å². The number of para-hydroxylation sites is 1. The fourth-order valence-electron chi connectivity index (χ4n) is 4.81. The van der Waals surface area contributed by atoms with Crippen molar-refractivity contribution in [1.82, 2.24) is 15.5 Å². The summed E-state index contributed by atoms with van der Waals surface area (Å²) in [6, 6.07) is 6.30. The molecule has 1 aromatic carbocycles. The number of likely N-dealkylation sites (N-methyl/N-ethyl adjacent to an activating group) is 1. The van der Waals surface area contributed by atoms with Gasteiger partial charge >= 0.3 is 0 Å². The van der Waals surface area contributed by atoms with Gasteiger partial charge in [-0.2, -0.15) is 0 Å². The van der Waals surface area contributed by atoms with Gasteiger partial charge in [0.2, 0.25) is 17.7 Å². The highest BCUT2D eigenvalue weighted by Gasteiger charge is 2.42. The van der Waals surface area contributed by atoms with Crippen LogP contribution in [0.15, 0.2) is 24.3 Å². The van der Waals surface area contributed by atoms with Crippen molar-refractivity contribution in [2.75, 3.05) is 32.1 Å². The van der Waals surface area contributed by atoms with Gasteiger partial charge in [-0.05, 0) is 45.4 Å². The van der Waals surface area contributed by atoms with E-state index in [0.717, 1.165) is 11.3 Å². The van der Waals surface area contributed by atoms with Crippen molar-refractivity contribution in [3.8, 4) is 0 Å². The molecule has 3 rings (SSSR count). The number of β-amino-alcohol motifs (C(OH)–C–C–N with tert-alkyl or cyclic N) is 1. The predicted molar refractivity (Wildman–Crippen MR) is 125 cm³/mol. The SMILES string of the molecule is CN[C@@H](C)C(=O)N[C@H](C(=O)N1CC(O)C[C@@H]1CC1CN(C(C)=O)c2ccccc21)C(C)OC. The first-order valence-electron chi connectivity index (χ1n) is 11.5. The Kier molecular flexibility index (Phi) is 8.10. The third-order valence-corrected chi connectivity index (χ3v) is 6.91. The number of likely N-dealkylation sites (tertiary alicyclic amines) is 1. The van der Waals surface area contributed by atoms with Crippen molar-refractivity contribution in [2.45, 2.75) is 69.9 Å². The molecule has 0 radical (unpaired) electrons. The third kappa shape index (κ3) is 5.37. The topological polar surface area (TPSA) is 111 Å². The number of carbonyl (C=O) groups is 3. The van der Waals surface area contributed by atoms with Gasteiger partial charge in [-0.3, -0.25) is 14.4 Å². The summed E-state index contributed by atoms with van der Waals surface area (Å²) in [5.41, 5.74) is 1.99. The number of carbonyl (C=O) groups excluding carboxylic acids is 3. The molecular formula is C24H36N4O5. The van der Waals surface area contributed by atoms with Crippen LogP contribution < -0.4 is 15.5 Å². The van der Waals surface area contributed by atoms with Crippen LogP contribution in [0.2, 0.25) is 0 Å². The molecule has 0 saturated carbocycles. The number of hydrogen-bond donors (Lipinski definition) is 3. The summed E-state index contributed by atoms with van der Waals surface area (Å²) >= 11 is 0. The standard InChI is InChI=1S/C24H36N4O5/c1-14(25-4)23(31)26-22(15(2)33-5)24(32)28-13-19(30)11-18(28)10-17-12-27(16(3)29)21-9-7-6-8-20(17)21/h6-9,14-15,17-19,22,25,30H,10-13H2,1-5H3,(H,26,31)/t14-,15?,17?,18-,19?,22-/m0/s1. The lowest BCUT2D eigenvalue weighted by molar-refractivity contribution is -0.141. The van der Waals surface area contributed by atoms with Crippen LogP contribution in [0.1, 0.15) is 45.1 Å². The van der Waals surface area contributed by atoms with E-state index in [-0.39, 0.29) is 36.2 Å². The minimum Gasteiger partial charge on any atom is -0.391 e. The van der Waals surface area contributed by atoms with E-state index in [9.17, 15) is 19.5 Å². The number of rotatable bonds is 8. The van der Waals surface area contributed by atoms with Gasteiger partial charge in [0.15, 0.2) is 0 Å². The van der Waals surface area contributed by atoms with Gasteiger partial charge in [0, 0.05) is 44.8 Å². The molecule has 182 valence electrons. The van der Waals surface area contributed by atoms with E-state index in [1.165, 1.54) is 7.11 Å². The van der Waals surface area contributed by atoms with Crippen LogP contribution in [0.3, 0.4) is 0 Å². The van der Waals surface area contributed by atoms with Crippen LogP contribution in [-0.2, 0) is 19.1 Å². The molecule has 1 fully saturated rings. The summed E-state index contributed by atoms with van der Waals surface area (Å²) in [6.45, 7) is 5.78. The van der Waals surface area contributed by atoms with Gasteiger partial charge in [-0.25, -0.2) is 0 Å². The predicted octanol–water partition coefficient (Wildman–Crippen LogP) is 0.616. The zero-order valence-corrected chi connectivity index (χ0v) is 20.1. The zero-order chi connectivity index (χ0) is 24.3. The largest absolute Gasteiger partial charge is 0.391 e. The molecule has 1 saturated heterocycles. The van der Waals surface area contributed by atoms with Crippen LogP contribution in [0.4, 0.5) is 5.69 Å². The van der Waals surface area contributed by atoms with Crippen LogP contribution in [0, 0.1) is 0 Å². The highest BCUT2D eigenvalue weighted by atomic mass is 16.5. The minimum absolute atomic E-state index is 0.0142. The maximum Gasteiger partial charge on any atom is 0.248 e. The van der Waals surface area contributed by atoms with E-state index in [0.29, 0.717) is 19.4 Å². The summed E-state index contributed by atoms with van der Waals surface area (Å²) in [6.07, 6.45) is -0.0907. The summed E-state index contributed by atoms with van der Waals surface area (Å²) in [4.78, 5) is 41.7. The average molecular weight is 461 g/mol. The van der Waals surface area contributed by atoms with Gasteiger partial charge < -0.3 is 30.3 Å². The molecule has 2 aliphatic rings. The molecule has 3 amide bonds. The molecule has 3 unspecified atom stereocenters. The number of ether oxygens (including phenoxy) is 1. The molecule has 0 aliphatic carbocycles. The Labute approximate surface area is 195 Å². The number of aliphatic hydroxyl groups excluding tert-OH is 1. The summed E-state index contributed by atoms with van der Waals surface area (Å²) < 4.78 is 5.40. The first-order valence-corrected chi connectivity index (χ1v) is 11.5. The second kappa shape index (κ2) is 10.6. The molecule has 0 aromatic heterocycles. The van der Waals surface area contributed by atoms with Crippen LogP contribution >= 0.6 is 0 Å². The van der Waals surface area contributed by atoms with Gasteiger partial charge in [0.1, 0.15) is 6.04 Å². The Bertz CT molecular complexity index is 878. The molecule has 33 heavy (non-hydrogen) atoms. The van der Waals surface area contributed by atoms with E-state index in [4.69, 9.17) is 4.74 Å². The smallest absolute Gasteiger partial charge is 0.248 e. The quantitative estimate of drug-likeness (QED) is 0.524. The number of nitrogens with zero attached hydrogens (tertiary/aromatic N) is 2. The van der Waals surface area contributed by atoms with Gasteiger partial charge in [-0.15, -0.1) is 0 Å². The first kappa shape index (κ1) is 25.1. The minimum atomic E-state index is -0.865. The van der Waals surface area contributed by atoms with Crippen LogP contribution in [0.5, 0.6) is 0 Å². The number of nitrogens with one attached hydrogen (secondary N) is 2. The molecule has 2 aliphatic heterocycles. The van der Waals surface area contributed by atoms with Crippen LogP contribution in [-0.4, -0.2) is 85.3 Å². The lowest BCUT2D eigenvalue weighted by atomic mass is 9.92. The van der Waals surface area contributed by atoms with Crippen molar-refractivity contribution in [3.05, 3.63) is 29.8 Å². The van der Waals surface area contributed by atoms with Gasteiger partial charge in [-0.1, -0.05) is 18.2 Å². The second-order valence-electron chi connectivity index (χ2n) is 9.09. The Hall–Kier alpha value is -2.49. The van der Waals surface area contributed by atoms with Crippen molar-refractivity contribution >= 4 is 23.4 Å². The zero-order valence-electron chi connectivity index (χ0n) is 20.1. The van der Waals surface area contributed by atoms with Crippen molar-refractivity contribution < 1.29 is 24.2 Å². The molecule has 2 heterocycles. The van der Waals surface area contributed by atoms with E-state index in [2.05, 4.69) is 10.6 Å². The number of amides is 3.